The summed E-state index contributed by atoms with van der Waals surface area (Å²) in [5.74, 6) is -2.06. The Morgan fingerprint density at radius 1 is 0.928 bits per heavy atom. The number of nitrogens with one attached hydrogen (secondary N) is 2. The van der Waals surface area contributed by atoms with Crippen LogP contribution in [-0.2, 0) is 33.7 Å². The highest BCUT2D eigenvalue weighted by Crippen LogP contribution is 2.87. The molecule has 4 bridgehead atoms. The summed E-state index contributed by atoms with van der Waals surface area (Å²) in [5.41, 5.74) is 1.56. The first-order valence-corrected chi connectivity index (χ1v) is 25.1. The van der Waals surface area contributed by atoms with Crippen molar-refractivity contribution < 1.29 is 37.5 Å². The normalized spacial score (nSPS) is 25.4. The number of amides is 1. The number of ether oxygens (including phenoxy) is 5. The van der Waals surface area contributed by atoms with Crippen LogP contribution in [0.4, 0.5) is 5.95 Å². The van der Waals surface area contributed by atoms with Gasteiger partial charge in [0.05, 0.1) is 70.2 Å². The molecule has 1 amide bonds. The number of rotatable bonds is 21. The molecule has 5 fully saturated rings. The zero-order chi connectivity index (χ0) is 49.0. The van der Waals surface area contributed by atoms with E-state index in [1.165, 1.54) is 0 Å². The van der Waals surface area contributed by atoms with Gasteiger partial charge < -0.3 is 32.8 Å². The summed E-state index contributed by atoms with van der Waals surface area (Å²) in [4.78, 5) is 39.0. The molecule has 3 aromatic carbocycles. The van der Waals surface area contributed by atoms with Gasteiger partial charge in [0.15, 0.2) is 22.7 Å². The number of imidazole rings is 1. The highest BCUT2D eigenvalue weighted by atomic mass is 31.2. The highest BCUT2D eigenvalue weighted by molar-refractivity contribution is 7.44. The Hall–Kier alpha value is -5.24. The van der Waals surface area contributed by atoms with Crippen LogP contribution in [0.1, 0.15) is 97.4 Å². The van der Waals surface area contributed by atoms with Gasteiger partial charge in [0.2, 0.25) is 11.9 Å². The van der Waals surface area contributed by atoms with E-state index in [-0.39, 0.29) is 78.2 Å². The van der Waals surface area contributed by atoms with E-state index < -0.39 is 43.4 Å². The average molecular weight is 962 g/mol. The van der Waals surface area contributed by atoms with Crippen LogP contribution in [0.15, 0.2) is 90.0 Å². The second-order valence-corrected chi connectivity index (χ2v) is 21.8. The smallest absolute Gasteiger partial charge is 0.280 e. The Balaban J connectivity index is 1.09. The largest absolute Gasteiger partial charge is 0.497 e. The van der Waals surface area contributed by atoms with Gasteiger partial charge in [-0.15, -0.1) is 0 Å². The number of aromatic nitrogens is 4. The zero-order valence-corrected chi connectivity index (χ0v) is 42.0. The summed E-state index contributed by atoms with van der Waals surface area (Å²) < 4.78 is 50.8. The van der Waals surface area contributed by atoms with Crippen LogP contribution in [0.2, 0.25) is 0 Å². The van der Waals surface area contributed by atoms with Gasteiger partial charge >= 0.3 is 0 Å². The highest BCUT2D eigenvalue weighted by Gasteiger charge is 2.98. The molecule has 10 rings (SSSR count). The third-order valence-corrected chi connectivity index (χ3v) is 16.2. The number of methoxy groups -OCH3 is 2. The van der Waals surface area contributed by atoms with Crippen LogP contribution < -0.4 is 20.3 Å². The van der Waals surface area contributed by atoms with E-state index in [0.717, 1.165) is 23.1 Å². The molecule has 16 nitrogen and oxygen atoms in total. The SMILES string of the molecule is COc1ccc(C(OCC2OC34OC5(OP(OCCC#N)N(C(C)C)C(C)C)C2C5C3C4n2cnc3c(=O)[nH]c(NC(=O)C(C)CCC(C)(C)C)nc32)(c2ccccc2)c2ccc(OC)cc2)cc1. The van der Waals surface area contributed by atoms with Crippen LogP contribution >= 0.6 is 8.53 Å². The number of carbonyl (C=O) groups is 1. The summed E-state index contributed by atoms with van der Waals surface area (Å²) >= 11 is 0. The minimum atomic E-state index is -1.72. The van der Waals surface area contributed by atoms with Crippen molar-refractivity contribution in [3.63, 3.8) is 0 Å². The summed E-state index contributed by atoms with van der Waals surface area (Å²) in [6.07, 6.45) is 2.81. The summed E-state index contributed by atoms with van der Waals surface area (Å²) in [7, 11) is 1.57. The predicted molar refractivity (Wildman–Crippen MR) is 260 cm³/mol. The van der Waals surface area contributed by atoms with E-state index in [1.807, 2.05) is 78.2 Å². The fourth-order valence-corrected chi connectivity index (χ4v) is 12.5. The average Bonchev–Trinajstić information content (AvgIpc) is 4.06. The van der Waals surface area contributed by atoms with Crippen LogP contribution in [0, 0.1) is 40.4 Å². The molecular weight excluding hydrogens is 898 g/mol. The molecule has 3 aliphatic heterocycles. The number of aromatic amines is 1. The van der Waals surface area contributed by atoms with Crippen LogP contribution in [0.3, 0.4) is 0 Å². The third kappa shape index (κ3) is 8.75. The number of hydrogen-bond acceptors (Lipinski definition) is 13. The number of nitrogens with zero attached hydrogens (tertiary/aromatic N) is 5. The van der Waals surface area contributed by atoms with E-state index in [9.17, 15) is 14.9 Å². The van der Waals surface area contributed by atoms with E-state index in [2.05, 4.69) is 86.6 Å². The molecule has 2 aromatic heterocycles. The van der Waals surface area contributed by atoms with Crippen molar-refractivity contribution in [2.24, 2.45) is 29.1 Å². The van der Waals surface area contributed by atoms with E-state index in [1.54, 1.807) is 20.5 Å². The van der Waals surface area contributed by atoms with Crippen molar-refractivity contribution in [1.29, 1.82) is 5.26 Å². The van der Waals surface area contributed by atoms with Gasteiger partial charge in [-0.05, 0) is 86.9 Å². The van der Waals surface area contributed by atoms with Crippen molar-refractivity contribution in [2.75, 3.05) is 32.8 Å². The van der Waals surface area contributed by atoms with Gasteiger partial charge in [-0.3, -0.25) is 24.4 Å². The molecule has 2 aliphatic carbocycles. The van der Waals surface area contributed by atoms with E-state index in [0.29, 0.717) is 23.6 Å². The number of carbonyl (C=O) groups excluding carboxylic acids is 1. The minimum Gasteiger partial charge on any atom is -0.497 e. The van der Waals surface area contributed by atoms with Crippen LogP contribution in [-0.4, -0.2) is 87.3 Å². The molecule has 3 saturated heterocycles. The summed E-state index contributed by atoms with van der Waals surface area (Å²) in [6.45, 7) is 17.0. The van der Waals surface area contributed by atoms with Gasteiger partial charge in [0.1, 0.15) is 17.1 Å². The Bertz CT molecular complexity index is 2680. The molecule has 2 saturated carbocycles. The predicted octanol–water partition coefficient (Wildman–Crippen LogP) is 9.08. The molecule has 17 heteroatoms. The standard InChI is InChI=1S/C52H64N7O9P/c1-31(2)59(32(3)4)69(65-28-14-27-53)68-51-40-39(29-64-50(34-15-12-11-13-16-34,35-17-21-37(62-9)22-18-35)36-19-23-38(63-10)24-20-36)66-52(67-51)42(41(40)51)44(52)58-30-54-43-45(58)55-48(57-47(43)61)56-46(60)33(5)25-26-49(6,7)8/h11-13,15-24,30-33,39-42,44H,14,25-26,28-29H2,1-10H3,(H2,55,56,57,60,61). The van der Waals surface area contributed by atoms with Gasteiger partial charge in [0.25, 0.3) is 14.1 Å². The molecular formula is C52H64N7O9P. The van der Waals surface area contributed by atoms with Crippen LogP contribution in [0.25, 0.3) is 11.2 Å². The maximum atomic E-state index is 13.6. The van der Waals surface area contributed by atoms with Crippen molar-refractivity contribution in [2.45, 2.75) is 116 Å². The van der Waals surface area contributed by atoms with Crippen molar-refractivity contribution in [3.05, 3.63) is 112 Å². The van der Waals surface area contributed by atoms with E-state index >= 15 is 0 Å². The summed E-state index contributed by atoms with van der Waals surface area (Å²) in [5, 5.41) is 12.4. The first kappa shape index (κ1) is 48.8. The monoisotopic (exact) mass is 961 g/mol. The maximum absolute atomic E-state index is 13.6. The molecule has 366 valence electrons. The van der Waals surface area contributed by atoms with Crippen molar-refractivity contribution in [3.8, 4) is 17.6 Å². The number of H-pyrrole nitrogens is 1. The van der Waals surface area contributed by atoms with Gasteiger partial charge in [0, 0.05) is 23.9 Å². The molecule has 5 heterocycles. The Morgan fingerprint density at radius 2 is 1.55 bits per heavy atom. The minimum absolute atomic E-state index is 0.0450. The van der Waals surface area contributed by atoms with Crippen LogP contribution in [0.5, 0.6) is 11.5 Å². The fourth-order valence-electron chi connectivity index (χ4n) is 10.7. The lowest BCUT2D eigenvalue weighted by molar-refractivity contribution is -0.320. The molecule has 5 aliphatic rings. The quantitative estimate of drug-likeness (QED) is 0.0404. The lowest BCUT2D eigenvalue weighted by Crippen LogP contribution is -2.47. The Labute approximate surface area is 404 Å². The van der Waals surface area contributed by atoms with Gasteiger partial charge in [-0.1, -0.05) is 82.3 Å². The molecule has 9 unspecified atom stereocenters. The maximum Gasteiger partial charge on any atom is 0.280 e. The Morgan fingerprint density at radius 3 is 2.13 bits per heavy atom. The topological polar surface area (TPSA) is 184 Å². The molecule has 0 radical (unpaired) electrons. The van der Waals surface area contributed by atoms with Gasteiger partial charge in [-0.2, -0.15) is 10.2 Å². The lowest BCUT2D eigenvalue weighted by atomic mass is 9.80. The van der Waals surface area contributed by atoms with Crippen molar-refractivity contribution in [1.82, 2.24) is 24.2 Å². The first-order valence-electron chi connectivity index (χ1n) is 23.9. The molecule has 2 N–H and O–H groups in total. The molecule has 69 heavy (non-hydrogen) atoms. The van der Waals surface area contributed by atoms with E-state index in [4.69, 9.17) is 37.7 Å². The number of anilines is 1. The summed E-state index contributed by atoms with van der Waals surface area (Å²) in [6, 6.07) is 27.8. The Kier molecular flexibility index (Phi) is 13.3. The lowest BCUT2D eigenvalue weighted by Gasteiger charge is -2.42. The molecule has 1 spiro atoms. The number of hydrogen-bond donors (Lipinski definition) is 2. The number of nitriles is 1. The first-order chi connectivity index (χ1) is 33.0. The second-order valence-electron chi connectivity index (χ2n) is 20.4. The number of fused-ring (bicyclic) bond motifs is 2. The number of benzene rings is 3. The van der Waals surface area contributed by atoms with Gasteiger partial charge in [-0.25, -0.2) is 9.65 Å². The zero-order valence-electron chi connectivity index (χ0n) is 41.1. The molecule has 5 aromatic rings. The van der Waals surface area contributed by atoms with Crippen molar-refractivity contribution >= 4 is 31.5 Å². The fraction of sp³-hybridized carbons (Fsp3) is 0.519. The third-order valence-electron chi connectivity index (χ3n) is 14.0. The second kappa shape index (κ2) is 18.8. The molecule has 9 atom stereocenters.